The zero-order valence-electron chi connectivity index (χ0n) is 14.0. The average molecular weight is 337 g/mol. The number of ether oxygens (including phenoxy) is 2. The van der Waals surface area contributed by atoms with Gasteiger partial charge >= 0.3 is 0 Å². The molecule has 1 saturated heterocycles. The van der Waals surface area contributed by atoms with Crippen LogP contribution in [0, 0.1) is 0 Å². The van der Waals surface area contributed by atoms with Crippen molar-refractivity contribution in [1.29, 1.82) is 0 Å². The summed E-state index contributed by atoms with van der Waals surface area (Å²) in [6, 6.07) is 14.2. The quantitative estimate of drug-likeness (QED) is 0.789. The summed E-state index contributed by atoms with van der Waals surface area (Å²) < 4.78 is 11.2. The summed E-state index contributed by atoms with van der Waals surface area (Å²) >= 11 is 0. The van der Waals surface area contributed by atoms with Crippen molar-refractivity contribution in [3.63, 3.8) is 0 Å². The van der Waals surface area contributed by atoms with Crippen LogP contribution in [-0.2, 0) is 15.1 Å². The summed E-state index contributed by atoms with van der Waals surface area (Å²) in [5.74, 6) is 0.0521. The molecule has 1 atom stereocenters. The predicted molar refractivity (Wildman–Crippen MR) is 92.7 cm³/mol. The molecule has 2 aliphatic heterocycles. The number of hydrogen-bond acceptors (Lipinski definition) is 4. The van der Waals surface area contributed by atoms with Gasteiger partial charge in [0.1, 0.15) is 5.75 Å². The van der Waals surface area contributed by atoms with Crippen molar-refractivity contribution >= 4 is 17.5 Å². The molecule has 2 aromatic carbocycles. The van der Waals surface area contributed by atoms with E-state index in [9.17, 15) is 9.59 Å². The number of amides is 2. The minimum atomic E-state index is -1.07. The van der Waals surface area contributed by atoms with Crippen LogP contribution in [0.3, 0.4) is 0 Å². The van der Waals surface area contributed by atoms with E-state index in [0.29, 0.717) is 35.6 Å². The molecule has 0 aliphatic carbocycles. The van der Waals surface area contributed by atoms with Crippen molar-refractivity contribution in [1.82, 2.24) is 0 Å². The van der Waals surface area contributed by atoms with Gasteiger partial charge in [0.05, 0.1) is 12.8 Å². The third-order valence-corrected chi connectivity index (χ3v) is 4.95. The van der Waals surface area contributed by atoms with Gasteiger partial charge in [-0.2, -0.15) is 0 Å². The molecular formula is C20H19NO4. The van der Waals surface area contributed by atoms with Gasteiger partial charge in [-0.1, -0.05) is 18.2 Å². The van der Waals surface area contributed by atoms with E-state index in [1.165, 1.54) is 4.90 Å². The molecule has 2 heterocycles. The molecule has 2 amide bonds. The maximum Gasteiger partial charge on any atom is 0.270 e. The lowest BCUT2D eigenvalue weighted by Gasteiger charge is -2.43. The Morgan fingerprint density at radius 2 is 1.80 bits per heavy atom. The highest BCUT2D eigenvalue weighted by molar-refractivity contribution is 6.27. The molecular weight excluding hydrogens is 318 g/mol. The summed E-state index contributed by atoms with van der Waals surface area (Å²) in [6.07, 6.45) is 2.40. The second-order valence-electron chi connectivity index (χ2n) is 6.32. The fourth-order valence-electron chi connectivity index (χ4n) is 3.67. The van der Waals surface area contributed by atoms with Crippen molar-refractivity contribution in [2.75, 3.05) is 18.6 Å². The standard InChI is InChI=1S/C20H19NO4/c1-24-15-10-8-14(9-11-15)21-18(22)16-6-2-3-7-17(16)20(19(21)23)12-4-5-13-25-20/h2-3,6-11H,4-5,12-13H2,1H3/t20-/m0/s1. The number of imide groups is 1. The molecule has 4 rings (SSSR count). The SMILES string of the molecule is COc1ccc(N2C(=O)c3ccccc3[C@@]3(CCCCO3)C2=O)cc1. The van der Waals surface area contributed by atoms with E-state index in [1.807, 2.05) is 18.2 Å². The Bertz CT molecular complexity index is 822. The number of fused-ring (bicyclic) bond motifs is 2. The monoisotopic (exact) mass is 337 g/mol. The Balaban J connectivity index is 1.86. The van der Waals surface area contributed by atoms with Gasteiger partial charge < -0.3 is 9.47 Å². The van der Waals surface area contributed by atoms with Crippen LogP contribution in [0.2, 0.25) is 0 Å². The van der Waals surface area contributed by atoms with Crippen LogP contribution in [0.1, 0.15) is 35.2 Å². The molecule has 128 valence electrons. The first kappa shape index (κ1) is 15.8. The van der Waals surface area contributed by atoms with Crippen LogP contribution < -0.4 is 9.64 Å². The highest BCUT2D eigenvalue weighted by Gasteiger charge is 2.52. The lowest BCUT2D eigenvalue weighted by atomic mass is 9.79. The molecule has 1 fully saturated rings. The number of anilines is 1. The molecule has 2 aliphatic rings. The van der Waals surface area contributed by atoms with E-state index < -0.39 is 5.60 Å². The number of carbonyl (C=O) groups is 2. The molecule has 25 heavy (non-hydrogen) atoms. The van der Waals surface area contributed by atoms with Crippen molar-refractivity contribution in [2.24, 2.45) is 0 Å². The Morgan fingerprint density at radius 1 is 1.04 bits per heavy atom. The second kappa shape index (κ2) is 6.01. The van der Waals surface area contributed by atoms with Gasteiger partial charge in [-0.3, -0.25) is 9.59 Å². The van der Waals surface area contributed by atoms with Gasteiger partial charge in [-0.15, -0.1) is 0 Å². The van der Waals surface area contributed by atoms with Crippen molar-refractivity contribution in [3.05, 3.63) is 59.7 Å². The number of nitrogens with zero attached hydrogens (tertiary/aromatic N) is 1. The minimum Gasteiger partial charge on any atom is -0.497 e. The molecule has 5 nitrogen and oxygen atoms in total. The first-order valence-corrected chi connectivity index (χ1v) is 8.44. The zero-order valence-corrected chi connectivity index (χ0v) is 14.0. The molecule has 0 N–H and O–H groups in total. The van der Waals surface area contributed by atoms with Gasteiger partial charge in [0.15, 0.2) is 5.60 Å². The van der Waals surface area contributed by atoms with E-state index in [4.69, 9.17) is 9.47 Å². The molecule has 1 spiro atoms. The fourth-order valence-corrected chi connectivity index (χ4v) is 3.67. The maximum absolute atomic E-state index is 13.4. The Kier molecular flexibility index (Phi) is 3.81. The van der Waals surface area contributed by atoms with Crippen molar-refractivity contribution in [3.8, 4) is 5.75 Å². The van der Waals surface area contributed by atoms with E-state index in [2.05, 4.69) is 0 Å². The maximum atomic E-state index is 13.4. The summed E-state index contributed by atoms with van der Waals surface area (Å²) in [6.45, 7) is 0.519. The highest BCUT2D eigenvalue weighted by Crippen LogP contribution is 2.43. The third-order valence-electron chi connectivity index (χ3n) is 4.95. The Hall–Kier alpha value is -2.66. The first-order chi connectivity index (χ1) is 12.2. The Labute approximate surface area is 146 Å². The fraction of sp³-hybridized carbons (Fsp3) is 0.300. The number of rotatable bonds is 2. The highest BCUT2D eigenvalue weighted by atomic mass is 16.5. The first-order valence-electron chi connectivity index (χ1n) is 8.44. The van der Waals surface area contributed by atoms with Crippen LogP contribution in [-0.4, -0.2) is 25.5 Å². The number of hydrogen-bond donors (Lipinski definition) is 0. The lowest BCUT2D eigenvalue weighted by Crippen LogP contribution is -2.57. The molecule has 0 saturated carbocycles. The largest absolute Gasteiger partial charge is 0.497 e. The summed E-state index contributed by atoms with van der Waals surface area (Å²) in [7, 11) is 1.58. The van der Waals surface area contributed by atoms with Gasteiger partial charge in [-0.25, -0.2) is 4.90 Å². The molecule has 0 aromatic heterocycles. The lowest BCUT2D eigenvalue weighted by molar-refractivity contribution is -0.152. The molecule has 0 unspecified atom stereocenters. The predicted octanol–water partition coefficient (Wildman–Crippen LogP) is 3.28. The smallest absolute Gasteiger partial charge is 0.270 e. The van der Waals surface area contributed by atoms with Crippen molar-refractivity contribution < 1.29 is 19.1 Å². The van der Waals surface area contributed by atoms with Crippen LogP contribution in [0.4, 0.5) is 5.69 Å². The van der Waals surface area contributed by atoms with Crippen LogP contribution in [0.15, 0.2) is 48.5 Å². The van der Waals surface area contributed by atoms with Gasteiger partial charge in [-0.05, 0) is 49.6 Å². The molecule has 0 radical (unpaired) electrons. The number of methoxy groups -OCH3 is 1. The number of benzene rings is 2. The molecule has 5 heteroatoms. The van der Waals surface area contributed by atoms with Gasteiger partial charge in [0, 0.05) is 17.7 Å². The molecule has 2 aromatic rings. The van der Waals surface area contributed by atoms with E-state index in [-0.39, 0.29) is 11.8 Å². The minimum absolute atomic E-state index is 0.305. The van der Waals surface area contributed by atoms with Crippen LogP contribution in [0.25, 0.3) is 0 Å². The third kappa shape index (κ3) is 2.35. The van der Waals surface area contributed by atoms with E-state index >= 15 is 0 Å². The summed E-state index contributed by atoms with van der Waals surface area (Å²) in [5.41, 5.74) is 0.677. The normalized spacial score (nSPS) is 22.8. The number of carbonyl (C=O) groups excluding carboxylic acids is 2. The van der Waals surface area contributed by atoms with Crippen molar-refractivity contribution in [2.45, 2.75) is 24.9 Å². The van der Waals surface area contributed by atoms with Gasteiger partial charge in [0.2, 0.25) is 0 Å². The Morgan fingerprint density at radius 3 is 2.48 bits per heavy atom. The average Bonchev–Trinajstić information content (AvgIpc) is 2.68. The van der Waals surface area contributed by atoms with Crippen LogP contribution >= 0.6 is 0 Å². The second-order valence-corrected chi connectivity index (χ2v) is 6.32. The zero-order chi connectivity index (χ0) is 17.4. The molecule has 0 bridgehead atoms. The topological polar surface area (TPSA) is 55.8 Å². The van der Waals surface area contributed by atoms with Crippen LogP contribution in [0.5, 0.6) is 5.75 Å². The van der Waals surface area contributed by atoms with E-state index in [1.54, 1.807) is 37.4 Å². The van der Waals surface area contributed by atoms with E-state index in [0.717, 1.165) is 12.8 Å². The summed E-state index contributed by atoms with van der Waals surface area (Å²) in [4.78, 5) is 27.6. The summed E-state index contributed by atoms with van der Waals surface area (Å²) in [5, 5.41) is 0. The van der Waals surface area contributed by atoms with Gasteiger partial charge in [0.25, 0.3) is 11.8 Å².